The van der Waals surface area contributed by atoms with E-state index in [9.17, 15) is 9.59 Å². The van der Waals surface area contributed by atoms with Crippen LogP contribution in [-0.2, 0) is 9.59 Å². The van der Waals surface area contributed by atoms with E-state index >= 15 is 0 Å². The van der Waals surface area contributed by atoms with Gasteiger partial charge in [-0.2, -0.15) is 0 Å². The minimum Gasteiger partial charge on any atom is -0.299 e. The van der Waals surface area contributed by atoms with Gasteiger partial charge >= 0.3 is 0 Å². The van der Waals surface area contributed by atoms with E-state index in [1.807, 2.05) is 6.92 Å². The van der Waals surface area contributed by atoms with Crippen molar-refractivity contribution in [2.24, 2.45) is 5.92 Å². The van der Waals surface area contributed by atoms with Gasteiger partial charge in [0.1, 0.15) is 11.6 Å². The van der Waals surface area contributed by atoms with Crippen LogP contribution in [0.15, 0.2) is 0 Å². The molecule has 0 atom stereocenters. The minimum absolute atomic E-state index is 0.128. The molecule has 0 bridgehead atoms. The molecule has 56 valence electrons. The van der Waals surface area contributed by atoms with Gasteiger partial charge in [0, 0.05) is 12.8 Å². The van der Waals surface area contributed by atoms with Crippen molar-refractivity contribution in [2.45, 2.75) is 32.6 Å². The molecule has 0 aliphatic heterocycles. The Balaban J connectivity index is 2.50. The molecule has 1 aliphatic carbocycles. The van der Waals surface area contributed by atoms with Gasteiger partial charge in [-0.05, 0) is 5.92 Å². The summed E-state index contributed by atoms with van der Waals surface area (Å²) in [6, 6.07) is 0. The van der Waals surface area contributed by atoms with E-state index in [1.165, 1.54) is 0 Å². The van der Waals surface area contributed by atoms with Crippen molar-refractivity contribution in [3.05, 3.63) is 0 Å². The SMILES string of the molecule is CCC1CC(=O)CC(=O)C1. The van der Waals surface area contributed by atoms with Crippen molar-refractivity contribution >= 4 is 11.6 Å². The molecule has 2 heteroatoms. The average Bonchev–Trinajstić information content (AvgIpc) is 1.85. The van der Waals surface area contributed by atoms with Gasteiger partial charge in [-0.25, -0.2) is 0 Å². The first-order valence-corrected chi connectivity index (χ1v) is 3.75. The van der Waals surface area contributed by atoms with E-state index in [-0.39, 0.29) is 18.0 Å². The van der Waals surface area contributed by atoms with Crippen LogP contribution in [0.4, 0.5) is 0 Å². The Morgan fingerprint density at radius 2 is 1.80 bits per heavy atom. The Morgan fingerprint density at radius 1 is 1.30 bits per heavy atom. The largest absolute Gasteiger partial charge is 0.299 e. The highest BCUT2D eigenvalue weighted by atomic mass is 16.1. The fourth-order valence-corrected chi connectivity index (χ4v) is 1.37. The number of Topliss-reactive ketones (excluding diaryl/α,β-unsaturated/α-hetero) is 2. The molecule has 0 heterocycles. The number of rotatable bonds is 1. The maximum atomic E-state index is 10.8. The summed E-state index contributed by atoms with van der Waals surface area (Å²) >= 11 is 0. The maximum absolute atomic E-state index is 10.8. The Hall–Kier alpha value is -0.660. The second-order valence-corrected chi connectivity index (χ2v) is 2.94. The van der Waals surface area contributed by atoms with Gasteiger partial charge in [-0.1, -0.05) is 13.3 Å². The normalized spacial score (nSPS) is 21.7. The number of ketones is 2. The zero-order valence-corrected chi connectivity index (χ0v) is 6.22. The van der Waals surface area contributed by atoms with Crippen molar-refractivity contribution in [1.29, 1.82) is 0 Å². The summed E-state index contributed by atoms with van der Waals surface area (Å²) in [6.45, 7) is 2.02. The van der Waals surface area contributed by atoms with Crippen molar-refractivity contribution in [3.8, 4) is 0 Å². The van der Waals surface area contributed by atoms with E-state index in [4.69, 9.17) is 0 Å². The van der Waals surface area contributed by atoms with E-state index in [1.54, 1.807) is 0 Å². The van der Waals surface area contributed by atoms with Crippen LogP contribution in [0.5, 0.6) is 0 Å². The second-order valence-electron chi connectivity index (χ2n) is 2.94. The molecular weight excluding hydrogens is 128 g/mol. The fourth-order valence-electron chi connectivity index (χ4n) is 1.37. The summed E-state index contributed by atoms with van der Waals surface area (Å²) in [7, 11) is 0. The molecule has 0 spiro atoms. The summed E-state index contributed by atoms with van der Waals surface area (Å²) in [6.07, 6.45) is 2.40. The van der Waals surface area contributed by atoms with Gasteiger partial charge in [0.05, 0.1) is 6.42 Å². The third-order valence-electron chi connectivity index (χ3n) is 2.00. The fraction of sp³-hybridized carbons (Fsp3) is 0.750. The molecule has 0 N–H and O–H groups in total. The van der Waals surface area contributed by atoms with Crippen LogP contribution in [0.25, 0.3) is 0 Å². The molecular formula is C8H12O2. The van der Waals surface area contributed by atoms with Crippen LogP contribution in [0.2, 0.25) is 0 Å². The Morgan fingerprint density at radius 3 is 2.20 bits per heavy atom. The summed E-state index contributed by atoms with van der Waals surface area (Å²) < 4.78 is 0. The molecule has 2 nitrogen and oxygen atoms in total. The third kappa shape index (κ3) is 1.66. The smallest absolute Gasteiger partial charge is 0.140 e. The second kappa shape index (κ2) is 2.95. The van der Waals surface area contributed by atoms with Crippen molar-refractivity contribution in [2.75, 3.05) is 0 Å². The lowest BCUT2D eigenvalue weighted by Gasteiger charge is -2.17. The predicted octanol–water partition coefficient (Wildman–Crippen LogP) is 1.33. The minimum atomic E-state index is 0.128. The molecule has 1 saturated carbocycles. The molecule has 1 rings (SSSR count). The van der Waals surface area contributed by atoms with Gasteiger partial charge in [-0.3, -0.25) is 9.59 Å². The van der Waals surface area contributed by atoms with Crippen LogP contribution in [0, 0.1) is 5.92 Å². The predicted molar refractivity (Wildman–Crippen MR) is 37.6 cm³/mol. The Bertz CT molecular complexity index is 145. The van der Waals surface area contributed by atoms with E-state index < -0.39 is 0 Å². The molecule has 0 aromatic heterocycles. The number of hydrogen-bond acceptors (Lipinski definition) is 2. The van der Waals surface area contributed by atoms with Crippen LogP contribution in [0.1, 0.15) is 32.6 Å². The first-order valence-electron chi connectivity index (χ1n) is 3.75. The summed E-state index contributed by atoms with van der Waals surface area (Å²) in [5.41, 5.74) is 0. The first-order chi connectivity index (χ1) is 4.72. The summed E-state index contributed by atoms with van der Waals surface area (Å²) in [5.74, 6) is 0.597. The molecule has 1 aliphatic rings. The highest BCUT2D eigenvalue weighted by molar-refractivity contribution is 6.01. The van der Waals surface area contributed by atoms with Gasteiger partial charge in [-0.15, -0.1) is 0 Å². The van der Waals surface area contributed by atoms with Crippen LogP contribution in [-0.4, -0.2) is 11.6 Å². The molecule has 10 heavy (non-hydrogen) atoms. The number of hydrogen-bond donors (Lipinski definition) is 0. The zero-order chi connectivity index (χ0) is 7.56. The highest BCUT2D eigenvalue weighted by Crippen LogP contribution is 2.20. The van der Waals surface area contributed by atoms with Gasteiger partial charge in [0.15, 0.2) is 0 Å². The Labute approximate surface area is 60.6 Å². The first kappa shape index (κ1) is 7.45. The lowest BCUT2D eigenvalue weighted by atomic mass is 9.86. The van der Waals surface area contributed by atoms with E-state index in [0.29, 0.717) is 18.8 Å². The van der Waals surface area contributed by atoms with Gasteiger partial charge < -0.3 is 0 Å². The maximum Gasteiger partial charge on any atom is 0.140 e. The quantitative estimate of drug-likeness (QED) is 0.515. The molecule has 1 fully saturated rings. The summed E-state index contributed by atoms with van der Waals surface area (Å²) in [4.78, 5) is 21.6. The third-order valence-corrected chi connectivity index (χ3v) is 2.00. The molecule has 0 saturated heterocycles. The molecule has 0 amide bonds. The number of carbonyl (C=O) groups is 2. The lowest BCUT2D eigenvalue weighted by molar-refractivity contribution is -0.131. The molecule has 0 aromatic carbocycles. The summed E-state index contributed by atoms with van der Waals surface area (Å²) in [5, 5.41) is 0. The van der Waals surface area contributed by atoms with Crippen LogP contribution >= 0.6 is 0 Å². The van der Waals surface area contributed by atoms with E-state index in [0.717, 1.165) is 6.42 Å². The van der Waals surface area contributed by atoms with Gasteiger partial charge in [0.2, 0.25) is 0 Å². The Kier molecular flexibility index (Phi) is 2.20. The van der Waals surface area contributed by atoms with Crippen molar-refractivity contribution in [1.82, 2.24) is 0 Å². The highest BCUT2D eigenvalue weighted by Gasteiger charge is 2.23. The van der Waals surface area contributed by atoms with Crippen LogP contribution < -0.4 is 0 Å². The average molecular weight is 140 g/mol. The standard InChI is InChI=1S/C8H12O2/c1-2-6-3-7(9)5-8(10)4-6/h6H,2-5H2,1H3. The monoisotopic (exact) mass is 140 g/mol. The lowest BCUT2D eigenvalue weighted by Crippen LogP contribution is -2.21. The van der Waals surface area contributed by atoms with Crippen molar-refractivity contribution in [3.63, 3.8) is 0 Å². The van der Waals surface area contributed by atoms with Gasteiger partial charge in [0.25, 0.3) is 0 Å². The zero-order valence-electron chi connectivity index (χ0n) is 6.22. The molecule has 0 aromatic rings. The number of carbonyl (C=O) groups excluding carboxylic acids is 2. The topological polar surface area (TPSA) is 34.1 Å². The van der Waals surface area contributed by atoms with E-state index in [2.05, 4.69) is 0 Å². The van der Waals surface area contributed by atoms with Crippen molar-refractivity contribution < 1.29 is 9.59 Å². The molecule has 0 unspecified atom stereocenters. The van der Waals surface area contributed by atoms with Crippen LogP contribution in [0.3, 0.4) is 0 Å². The molecule has 0 radical (unpaired) electrons.